The molecule has 0 amide bonds. The summed E-state index contributed by atoms with van der Waals surface area (Å²) in [6.07, 6.45) is 3.91. The van der Waals surface area contributed by atoms with E-state index in [1.54, 1.807) is 6.07 Å². The van der Waals surface area contributed by atoms with Gasteiger partial charge in [-0.05, 0) is 48.4 Å². The molecule has 3 unspecified atom stereocenters. The molecule has 2 heteroatoms. The van der Waals surface area contributed by atoms with Gasteiger partial charge in [-0.2, -0.15) is 0 Å². The highest BCUT2D eigenvalue weighted by molar-refractivity contribution is 5.26. The molecule has 1 nitrogen and oxygen atoms in total. The Hall–Kier alpha value is -0.890. The lowest BCUT2D eigenvalue weighted by Crippen LogP contribution is -2.40. The molecule has 0 aliphatic heterocycles. The summed E-state index contributed by atoms with van der Waals surface area (Å²) < 4.78 is 13.2. The lowest BCUT2D eigenvalue weighted by molar-refractivity contribution is 0.206. The molecule has 18 heavy (non-hydrogen) atoms. The van der Waals surface area contributed by atoms with Crippen LogP contribution in [0.15, 0.2) is 18.2 Å². The van der Waals surface area contributed by atoms with Crippen molar-refractivity contribution < 1.29 is 4.39 Å². The molecule has 0 radical (unpaired) electrons. The largest absolute Gasteiger partial charge is 0.310 e. The van der Waals surface area contributed by atoms with Crippen molar-refractivity contribution >= 4 is 0 Å². The Morgan fingerprint density at radius 3 is 2.83 bits per heavy atom. The monoisotopic (exact) mass is 249 g/mol. The minimum Gasteiger partial charge on any atom is -0.310 e. The third-order valence-electron chi connectivity index (χ3n) is 4.57. The van der Waals surface area contributed by atoms with Gasteiger partial charge in [-0.15, -0.1) is 0 Å². The normalized spacial score (nSPS) is 28.3. The SMILES string of the molecule is Cc1ccc(F)cc1CNC1CCCC(C)C1C. The number of halogens is 1. The maximum absolute atomic E-state index is 13.2. The Balaban J connectivity index is 1.96. The van der Waals surface area contributed by atoms with Crippen LogP contribution in [0, 0.1) is 24.6 Å². The molecule has 1 aliphatic carbocycles. The van der Waals surface area contributed by atoms with Crippen molar-refractivity contribution in [1.82, 2.24) is 5.32 Å². The Bertz CT molecular complexity index is 402. The maximum atomic E-state index is 13.2. The van der Waals surface area contributed by atoms with Gasteiger partial charge < -0.3 is 5.32 Å². The molecule has 1 fully saturated rings. The maximum Gasteiger partial charge on any atom is 0.123 e. The summed E-state index contributed by atoms with van der Waals surface area (Å²) in [5.41, 5.74) is 2.25. The van der Waals surface area contributed by atoms with Gasteiger partial charge in [0, 0.05) is 12.6 Å². The zero-order valence-electron chi connectivity index (χ0n) is 11.7. The summed E-state index contributed by atoms with van der Waals surface area (Å²) in [6.45, 7) is 7.50. The summed E-state index contributed by atoms with van der Waals surface area (Å²) in [6, 6.07) is 5.62. The van der Waals surface area contributed by atoms with Crippen LogP contribution in [0.3, 0.4) is 0 Å². The molecule has 100 valence electrons. The fraction of sp³-hybridized carbons (Fsp3) is 0.625. The van der Waals surface area contributed by atoms with Gasteiger partial charge in [0.05, 0.1) is 0 Å². The van der Waals surface area contributed by atoms with Gasteiger partial charge in [0.1, 0.15) is 5.82 Å². The number of benzene rings is 1. The predicted molar refractivity (Wildman–Crippen MR) is 73.9 cm³/mol. The zero-order valence-corrected chi connectivity index (χ0v) is 11.7. The summed E-state index contributed by atoms with van der Waals surface area (Å²) in [4.78, 5) is 0. The van der Waals surface area contributed by atoms with Crippen LogP contribution in [0.1, 0.15) is 44.2 Å². The first-order valence-corrected chi connectivity index (χ1v) is 7.06. The Kier molecular flexibility index (Phi) is 4.39. The molecule has 3 atom stereocenters. The average Bonchev–Trinajstić information content (AvgIpc) is 2.35. The van der Waals surface area contributed by atoms with Crippen LogP contribution in [0.4, 0.5) is 4.39 Å². The highest BCUT2D eigenvalue weighted by Gasteiger charge is 2.26. The molecular weight excluding hydrogens is 225 g/mol. The van der Waals surface area contributed by atoms with Crippen LogP contribution in [-0.4, -0.2) is 6.04 Å². The third-order valence-corrected chi connectivity index (χ3v) is 4.57. The highest BCUT2D eigenvalue weighted by atomic mass is 19.1. The average molecular weight is 249 g/mol. The lowest BCUT2D eigenvalue weighted by atomic mass is 9.78. The molecule has 1 saturated carbocycles. The van der Waals surface area contributed by atoms with Crippen LogP contribution in [0.25, 0.3) is 0 Å². The third kappa shape index (κ3) is 3.11. The van der Waals surface area contributed by atoms with E-state index < -0.39 is 0 Å². The molecule has 1 aromatic carbocycles. The van der Waals surface area contributed by atoms with Crippen molar-refractivity contribution in [1.29, 1.82) is 0 Å². The molecule has 0 spiro atoms. The first kappa shape index (κ1) is 13.5. The first-order valence-electron chi connectivity index (χ1n) is 7.06. The van der Waals surface area contributed by atoms with Crippen molar-refractivity contribution in [3.63, 3.8) is 0 Å². The van der Waals surface area contributed by atoms with E-state index in [0.29, 0.717) is 12.0 Å². The van der Waals surface area contributed by atoms with Crippen molar-refractivity contribution in [3.05, 3.63) is 35.1 Å². The molecule has 0 heterocycles. The zero-order chi connectivity index (χ0) is 13.1. The fourth-order valence-electron chi connectivity index (χ4n) is 2.94. The van der Waals surface area contributed by atoms with Gasteiger partial charge in [-0.1, -0.05) is 32.8 Å². The number of nitrogens with one attached hydrogen (secondary N) is 1. The summed E-state index contributed by atoms with van der Waals surface area (Å²) >= 11 is 0. The number of hydrogen-bond donors (Lipinski definition) is 1. The van der Waals surface area contributed by atoms with Crippen molar-refractivity contribution in [2.45, 2.75) is 52.6 Å². The molecule has 1 aliphatic rings. The second kappa shape index (κ2) is 5.83. The molecule has 1 N–H and O–H groups in total. The fourth-order valence-corrected chi connectivity index (χ4v) is 2.94. The van der Waals surface area contributed by atoms with Crippen molar-refractivity contribution in [3.8, 4) is 0 Å². The van der Waals surface area contributed by atoms with Gasteiger partial charge in [-0.3, -0.25) is 0 Å². The Labute approximate surface area is 110 Å². The van der Waals surface area contributed by atoms with E-state index in [1.165, 1.54) is 30.9 Å². The highest BCUT2D eigenvalue weighted by Crippen LogP contribution is 2.29. The second-order valence-corrected chi connectivity index (χ2v) is 5.83. The van der Waals surface area contributed by atoms with Crippen LogP contribution >= 0.6 is 0 Å². The molecular formula is C16H24FN. The molecule has 1 aromatic rings. The molecule has 2 rings (SSSR count). The van der Waals surface area contributed by atoms with Gasteiger partial charge in [0.15, 0.2) is 0 Å². The van der Waals surface area contributed by atoms with E-state index in [-0.39, 0.29) is 5.82 Å². The molecule has 0 aromatic heterocycles. The number of hydrogen-bond acceptors (Lipinski definition) is 1. The summed E-state index contributed by atoms with van der Waals surface area (Å²) in [7, 11) is 0. The number of rotatable bonds is 3. The van der Waals surface area contributed by atoms with E-state index in [9.17, 15) is 4.39 Å². The van der Waals surface area contributed by atoms with E-state index >= 15 is 0 Å². The first-order chi connectivity index (χ1) is 8.58. The predicted octanol–water partition coefficient (Wildman–Crippen LogP) is 4.05. The van der Waals surface area contributed by atoms with Gasteiger partial charge in [0.25, 0.3) is 0 Å². The summed E-state index contributed by atoms with van der Waals surface area (Å²) in [5, 5.41) is 3.62. The van der Waals surface area contributed by atoms with E-state index in [0.717, 1.165) is 18.0 Å². The molecule has 0 bridgehead atoms. The topological polar surface area (TPSA) is 12.0 Å². The van der Waals surface area contributed by atoms with Crippen LogP contribution in [0.5, 0.6) is 0 Å². The minimum atomic E-state index is -0.137. The van der Waals surface area contributed by atoms with Gasteiger partial charge in [-0.25, -0.2) is 4.39 Å². The number of aryl methyl sites for hydroxylation is 1. The second-order valence-electron chi connectivity index (χ2n) is 5.83. The Morgan fingerprint density at radius 2 is 2.06 bits per heavy atom. The van der Waals surface area contributed by atoms with E-state index in [2.05, 4.69) is 19.2 Å². The van der Waals surface area contributed by atoms with Crippen molar-refractivity contribution in [2.24, 2.45) is 11.8 Å². The smallest absolute Gasteiger partial charge is 0.123 e. The van der Waals surface area contributed by atoms with Crippen LogP contribution < -0.4 is 5.32 Å². The standard InChI is InChI=1S/C16H24FN/c1-11-5-4-6-16(13(11)3)18-10-14-9-15(17)8-7-12(14)2/h7-9,11,13,16,18H,4-6,10H2,1-3H3. The quantitative estimate of drug-likeness (QED) is 0.852. The van der Waals surface area contributed by atoms with Crippen LogP contribution in [0.2, 0.25) is 0 Å². The molecule has 0 saturated heterocycles. The summed E-state index contributed by atoms with van der Waals surface area (Å²) in [5.74, 6) is 1.37. The van der Waals surface area contributed by atoms with E-state index in [4.69, 9.17) is 0 Å². The van der Waals surface area contributed by atoms with Crippen LogP contribution in [-0.2, 0) is 6.54 Å². The lowest BCUT2D eigenvalue weighted by Gasteiger charge is -2.35. The van der Waals surface area contributed by atoms with Gasteiger partial charge >= 0.3 is 0 Å². The minimum absolute atomic E-state index is 0.137. The van der Waals surface area contributed by atoms with Crippen molar-refractivity contribution in [2.75, 3.05) is 0 Å². The Morgan fingerprint density at radius 1 is 1.28 bits per heavy atom. The van der Waals surface area contributed by atoms with E-state index in [1.807, 2.05) is 13.0 Å². The van der Waals surface area contributed by atoms with Gasteiger partial charge in [0.2, 0.25) is 0 Å².